The number of halogens is 1. The first-order chi connectivity index (χ1) is 7.25. The number of hydrogen-bond donors (Lipinski definition) is 1. The molecule has 1 aromatic rings. The van der Waals surface area contributed by atoms with Crippen LogP contribution < -0.4 is 0 Å². The summed E-state index contributed by atoms with van der Waals surface area (Å²) in [6.45, 7) is 2.64. The van der Waals surface area contributed by atoms with Gasteiger partial charge in [-0.2, -0.15) is 0 Å². The van der Waals surface area contributed by atoms with E-state index in [1.807, 2.05) is 6.07 Å². The van der Waals surface area contributed by atoms with Crippen molar-refractivity contribution in [2.24, 2.45) is 5.92 Å². The zero-order valence-corrected chi connectivity index (χ0v) is 10.6. The average molecular weight is 262 g/mol. The molecule has 1 N–H and O–H groups in total. The lowest BCUT2D eigenvalue weighted by Gasteiger charge is -2.30. The Morgan fingerprint density at radius 1 is 1.62 bits per heavy atom. The van der Waals surface area contributed by atoms with E-state index >= 15 is 0 Å². The fraction of sp³-hybridized carbons (Fsp3) is 0.545. The van der Waals surface area contributed by atoms with Crippen molar-refractivity contribution in [1.29, 1.82) is 0 Å². The number of piperidine rings is 1. The highest BCUT2D eigenvalue weighted by molar-refractivity contribution is 7.09. The molecule has 2 heterocycles. The maximum Gasteiger partial charge on any atom is 0.307 e. The van der Waals surface area contributed by atoms with Gasteiger partial charge in [0.2, 0.25) is 0 Å². The van der Waals surface area contributed by atoms with Crippen LogP contribution in [0, 0.1) is 5.92 Å². The zero-order valence-electron chi connectivity index (χ0n) is 8.96. The van der Waals surface area contributed by atoms with E-state index in [1.165, 1.54) is 4.88 Å². The van der Waals surface area contributed by atoms with Gasteiger partial charge in [-0.15, -0.1) is 23.7 Å². The predicted octanol–water partition coefficient (Wildman–Crippen LogP) is 2.47. The Hall–Kier alpha value is -0.580. The molecule has 0 aliphatic carbocycles. The van der Waals surface area contributed by atoms with Gasteiger partial charge in [0, 0.05) is 18.0 Å². The van der Waals surface area contributed by atoms with E-state index in [0.29, 0.717) is 6.54 Å². The van der Waals surface area contributed by atoms with Crippen LogP contribution in [0.15, 0.2) is 17.5 Å². The van der Waals surface area contributed by atoms with Gasteiger partial charge in [0.1, 0.15) is 0 Å². The number of hydrogen-bond acceptors (Lipinski definition) is 3. The second-order valence-corrected chi connectivity index (χ2v) is 5.02. The van der Waals surface area contributed by atoms with Crippen molar-refractivity contribution >= 4 is 29.7 Å². The van der Waals surface area contributed by atoms with Gasteiger partial charge in [-0.1, -0.05) is 6.07 Å². The summed E-state index contributed by atoms with van der Waals surface area (Å²) in [7, 11) is 0. The molecule has 2 rings (SSSR count). The van der Waals surface area contributed by atoms with Crippen LogP contribution in [0.5, 0.6) is 0 Å². The number of carboxylic acids is 1. The Balaban J connectivity index is 0.00000128. The Morgan fingerprint density at radius 3 is 3.06 bits per heavy atom. The predicted molar refractivity (Wildman–Crippen MR) is 67.2 cm³/mol. The van der Waals surface area contributed by atoms with Gasteiger partial charge in [0.15, 0.2) is 0 Å². The second-order valence-electron chi connectivity index (χ2n) is 3.99. The first kappa shape index (κ1) is 13.5. The molecule has 0 aromatic carbocycles. The minimum Gasteiger partial charge on any atom is -0.481 e. The number of aliphatic carboxylic acids is 1. The van der Waals surface area contributed by atoms with E-state index in [-0.39, 0.29) is 18.3 Å². The van der Waals surface area contributed by atoms with E-state index in [4.69, 9.17) is 5.11 Å². The topological polar surface area (TPSA) is 40.5 Å². The molecule has 1 fully saturated rings. The van der Waals surface area contributed by atoms with Crippen molar-refractivity contribution < 1.29 is 9.90 Å². The number of rotatable bonds is 3. The molecule has 1 unspecified atom stereocenters. The van der Waals surface area contributed by atoms with Crippen molar-refractivity contribution in [1.82, 2.24) is 4.90 Å². The van der Waals surface area contributed by atoms with Crippen LogP contribution >= 0.6 is 23.7 Å². The normalized spacial score (nSPS) is 21.4. The van der Waals surface area contributed by atoms with Crippen LogP contribution in [-0.4, -0.2) is 29.1 Å². The Bertz CT molecular complexity index is 329. The third kappa shape index (κ3) is 3.47. The standard InChI is InChI=1S/C11H15NO2S.ClH/c13-11(14)9-3-1-5-12(7-9)8-10-4-2-6-15-10;/h2,4,6,9H,1,3,5,7-8H2,(H,13,14);1H. The van der Waals surface area contributed by atoms with E-state index in [9.17, 15) is 4.79 Å². The monoisotopic (exact) mass is 261 g/mol. The summed E-state index contributed by atoms with van der Waals surface area (Å²) in [6.07, 6.45) is 1.83. The summed E-state index contributed by atoms with van der Waals surface area (Å²) in [5, 5.41) is 11.0. The molecule has 90 valence electrons. The fourth-order valence-corrected chi connectivity index (χ4v) is 2.77. The molecule has 1 aliphatic rings. The van der Waals surface area contributed by atoms with Crippen molar-refractivity contribution in [2.75, 3.05) is 13.1 Å². The maximum absolute atomic E-state index is 10.9. The summed E-state index contributed by atoms with van der Waals surface area (Å²) in [5.74, 6) is -0.815. The minimum atomic E-state index is -0.647. The molecule has 16 heavy (non-hydrogen) atoms. The third-order valence-corrected chi connectivity index (χ3v) is 3.68. The fourth-order valence-electron chi connectivity index (χ4n) is 2.02. The van der Waals surface area contributed by atoms with Crippen molar-refractivity contribution in [2.45, 2.75) is 19.4 Å². The highest BCUT2D eigenvalue weighted by atomic mass is 35.5. The van der Waals surface area contributed by atoms with Crippen molar-refractivity contribution in [3.05, 3.63) is 22.4 Å². The molecule has 0 amide bonds. The lowest BCUT2D eigenvalue weighted by molar-refractivity contribution is -0.143. The van der Waals surface area contributed by atoms with Crippen LogP contribution in [-0.2, 0) is 11.3 Å². The molecule has 5 heteroatoms. The molecule has 3 nitrogen and oxygen atoms in total. The molecule has 1 aromatic heterocycles. The number of likely N-dealkylation sites (tertiary alicyclic amines) is 1. The van der Waals surface area contributed by atoms with Gasteiger partial charge < -0.3 is 5.11 Å². The van der Waals surface area contributed by atoms with E-state index in [2.05, 4.69) is 16.3 Å². The number of carboxylic acid groups (broad SMARTS) is 1. The quantitative estimate of drug-likeness (QED) is 0.909. The average Bonchev–Trinajstić information content (AvgIpc) is 2.71. The molecule has 0 radical (unpaired) electrons. The van der Waals surface area contributed by atoms with Crippen LogP contribution in [0.25, 0.3) is 0 Å². The van der Waals surface area contributed by atoms with Crippen LogP contribution in [0.3, 0.4) is 0 Å². The van der Waals surface area contributed by atoms with Crippen LogP contribution in [0.1, 0.15) is 17.7 Å². The maximum atomic E-state index is 10.9. The molecule has 1 aliphatic heterocycles. The first-order valence-electron chi connectivity index (χ1n) is 5.23. The Morgan fingerprint density at radius 2 is 2.44 bits per heavy atom. The van der Waals surface area contributed by atoms with Crippen molar-refractivity contribution in [3.8, 4) is 0 Å². The third-order valence-electron chi connectivity index (χ3n) is 2.81. The lowest BCUT2D eigenvalue weighted by Crippen LogP contribution is -2.37. The highest BCUT2D eigenvalue weighted by Crippen LogP contribution is 2.20. The number of thiophene rings is 1. The lowest BCUT2D eigenvalue weighted by atomic mass is 9.98. The van der Waals surface area contributed by atoms with E-state index in [1.54, 1.807) is 11.3 Å². The summed E-state index contributed by atoms with van der Waals surface area (Å²) in [5.41, 5.74) is 0. The summed E-state index contributed by atoms with van der Waals surface area (Å²) < 4.78 is 0. The van der Waals surface area contributed by atoms with Crippen LogP contribution in [0.2, 0.25) is 0 Å². The highest BCUT2D eigenvalue weighted by Gasteiger charge is 2.25. The largest absolute Gasteiger partial charge is 0.481 e. The minimum absolute atomic E-state index is 0. The van der Waals surface area contributed by atoms with Crippen molar-refractivity contribution in [3.63, 3.8) is 0 Å². The van der Waals surface area contributed by atoms with Gasteiger partial charge in [0.05, 0.1) is 5.92 Å². The zero-order chi connectivity index (χ0) is 10.7. The molecule has 1 saturated heterocycles. The van der Waals surface area contributed by atoms with Gasteiger partial charge in [-0.25, -0.2) is 0 Å². The van der Waals surface area contributed by atoms with Gasteiger partial charge in [0.25, 0.3) is 0 Å². The molecule has 0 spiro atoms. The number of nitrogens with zero attached hydrogens (tertiary/aromatic N) is 1. The van der Waals surface area contributed by atoms with E-state index in [0.717, 1.165) is 25.9 Å². The van der Waals surface area contributed by atoms with Gasteiger partial charge >= 0.3 is 5.97 Å². The second kappa shape index (κ2) is 6.23. The van der Waals surface area contributed by atoms with Gasteiger partial charge in [-0.05, 0) is 30.8 Å². The summed E-state index contributed by atoms with van der Waals surface area (Å²) >= 11 is 1.74. The summed E-state index contributed by atoms with van der Waals surface area (Å²) in [6, 6.07) is 4.15. The molecule has 1 atom stereocenters. The van der Waals surface area contributed by atoms with Crippen LogP contribution in [0.4, 0.5) is 0 Å². The van der Waals surface area contributed by atoms with E-state index < -0.39 is 5.97 Å². The first-order valence-corrected chi connectivity index (χ1v) is 6.11. The SMILES string of the molecule is Cl.O=C(O)C1CCCN(Cc2cccs2)C1. The molecular formula is C11H16ClNO2S. The molecule has 0 bridgehead atoms. The number of carbonyl (C=O) groups is 1. The Labute approximate surface area is 105 Å². The molecular weight excluding hydrogens is 246 g/mol. The van der Waals surface area contributed by atoms with Gasteiger partial charge in [-0.3, -0.25) is 9.69 Å². The smallest absolute Gasteiger partial charge is 0.307 e. The Kier molecular flexibility index (Phi) is 5.25. The molecule has 0 saturated carbocycles. The summed E-state index contributed by atoms with van der Waals surface area (Å²) in [4.78, 5) is 14.4.